The third-order valence-electron chi connectivity index (χ3n) is 3.43. The van der Waals surface area contributed by atoms with Crippen LogP contribution in [0.2, 0.25) is 0 Å². The Kier molecular flexibility index (Phi) is 3.71. The van der Waals surface area contributed by atoms with E-state index in [9.17, 15) is 0 Å². The lowest BCUT2D eigenvalue weighted by atomic mass is 10.1. The van der Waals surface area contributed by atoms with Crippen molar-refractivity contribution < 1.29 is 4.74 Å². The van der Waals surface area contributed by atoms with E-state index in [0.717, 1.165) is 31.0 Å². The number of rotatable bonds is 4. The maximum Gasteiger partial charge on any atom is 0.218 e. The molecule has 0 N–H and O–H groups in total. The molecule has 2 aromatic rings. The van der Waals surface area contributed by atoms with E-state index >= 15 is 0 Å². The summed E-state index contributed by atoms with van der Waals surface area (Å²) in [7, 11) is 0. The Morgan fingerprint density at radius 1 is 1.30 bits per heavy atom. The van der Waals surface area contributed by atoms with Gasteiger partial charge in [0, 0.05) is 43.7 Å². The Morgan fingerprint density at radius 3 is 3.05 bits per heavy atom. The van der Waals surface area contributed by atoms with Crippen molar-refractivity contribution in [3.8, 4) is 5.88 Å². The van der Waals surface area contributed by atoms with E-state index in [1.54, 1.807) is 18.7 Å². The lowest BCUT2D eigenvalue weighted by Crippen LogP contribution is -2.20. The smallest absolute Gasteiger partial charge is 0.218 e. The van der Waals surface area contributed by atoms with Crippen LogP contribution in [0.3, 0.4) is 0 Å². The average molecular weight is 271 g/mol. The first-order valence-electron chi connectivity index (χ1n) is 6.82. The first-order valence-corrected chi connectivity index (χ1v) is 6.82. The van der Waals surface area contributed by atoms with Gasteiger partial charge in [0.05, 0.1) is 12.3 Å². The molecule has 2 aromatic heterocycles. The molecule has 0 amide bonds. The number of ether oxygens (including phenoxy) is 1. The van der Waals surface area contributed by atoms with Gasteiger partial charge < -0.3 is 9.64 Å². The van der Waals surface area contributed by atoms with E-state index in [1.165, 1.54) is 0 Å². The van der Waals surface area contributed by atoms with Crippen LogP contribution >= 0.6 is 0 Å². The molecular weight excluding hydrogens is 254 g/mol. The topological polar surface area (TPSA) is 64.0 Å². The van der Waals surface area contributed by atoms with Gasteiger partial charge in [0.1, 0.15) is 12.1 Å². The molecule has 6 nitrogen and oxygen atoms in total. The summed E-state index contributed by atoms with van der Waals surface area (Å²) >= 11 is 0. The van der Waals surface area contributed by atoms with Crippen molar-refractivity contribution in [3.63, 3.8) is 0 Å². The minimum absolute atomic E-state index is 0.411. The van der Waals surface area contributed by atoms with E-state index in [1.807, 2.05) is 19.2 Å². The molecule has 1 fully saturated rings. The Hall–Kier alpha value is -2.24. The van der Waals surface area contributed by atoms with Crippen LogP contribution in [0, 0.1) is 0 Å². The molecule has 104 valence electrons. The second kappa shape index (κ2) is 5.81. The number of hydrogen-bond donors (Lipinski definition) is 0. The van der Waals surface area contributed by atoms with Crippen molar-refractivity contribution in [2.24, 2.45) is 0 Å². The Labute approximate surface area is 117 Å². The zero-order valence-electron chi connectivity index (χ0n) is 11.4. The molecule has 0 radical (unpaired) electrons. The molecule has 3 heterocycles. The molecule has 0 aliphatic carbocycles. The van der Waals surface area contributed by atoms with E-state index in [-0.39, 0.29) is 0 Å². The van der Waals surface area contributed by atoms with Crippen molar-refractivity contribution in [1.29, 1.82) is 0 Å². The number of anilines is 1. The third kappa shape index (κ3) is 2.68. The summed E-state index contributed by atoms with van der Waals surface area (Å²) in [6.07, 6.45) is 7.91. The fourth-order valence-electron chi connectivity index (χ4n) is 2.46. The molecule has 6 heteroatoms. The second-order valence-corrected chi connectivity index (χ2v) is 4.71. The molecule has 0 aromatic carbocycles. The van der Waals surface area contributed by atoms with Crippen LogP contribution in [0.5, 0.6) is 5.88 Å². The lowest BCUT2D eigenvalue weighted by Gasteiger charge is -2.17. The zero-order chi connectivity index (χ0) is 13.8. The first kappa shape index (κ1) is 12.8. The van der Waals surface area contributed by atoms with Gasteiger partial charge in [-0.25, -0.2) is 9.97 Å². The zero-order valence-corrected chi connectivity index (χ0v) is 11.4. The molecule has 0 spiro atoms. The van der Waals surface area contributed by atoms with Gasteiger partial charge in [-0.05, 0) is 13.3 Å². The van der Waals surface area contributed by atoms with Gasteiger partial charge in [-0.1, -0.05) is 0 Å². The molecule has 1 aliphatic rings. The molecule has 20 heavy (non-hydrogen) atoms. The van der Waals surface area contributed by atoms with Crippen molar-refractivity contribution in [2.45, 2.75) is 19.3 Å². The normalized spacial score (nSPS) is 18.2. The van der Waals surface area contributed by atoms with Crippen LogP contribution in [0.1, 0.15) is 25.0 Å². The molecule has 0 bridgehead atoms. The van der Waals surface area contributed by atoms with Crippen LogP contribution in [0.25, 0.3) is 0 Å². The van der Waals surface area contributed by atoms with E-state index in [2.05, 4.69) is 24.8 Å². The summed E-state index contributed by atoms with van der Waals surface area (Å²) in [5.41, 5.74) is 1.05. The molecule has 1 atom stereocenters. The van der Waals surface area contributed by atoms with Crippen molar-refractivity contribution >= 4 is 5.82 Å². The Bertz CT molecular complexity index is 563. The van der Waals surface area contributed by atoms with Gasteiger partial charge in [-0.3, -0.25) is 9.97 Å². The third-order valence-corrected chi connectivity index (χ3v) is 3.43. The summed E-state index contributed by atoms with van der Waals surface area (Å²) in [5.74, 6) is 1.95. The highest BCUT2D eigenvalue weighted by atomic mass is 16.5. The molecular formula is C14H17N5O. The van der Waals surface area contributed by atoms with Gasteiger partial charge in [-0.15, -0.1) is 0 Å². The van der Waals surface area contributed by atoms with Crippen LogP contribution < -0.4 is 9.64 Å². The van der Waals surface area contributed by atoms with Crippen molar-refractivity contribution in [1.82, 2.24) is 19.9 Å². The molecule has 0 unspecified atom stereocenters. The summed E-state index contributed by atoms with van der Waals surface area (Å²) in [5, 5.41) is 0. The summed E-state index contributed by atoms with van der Waals surface area (Å²) < 4.78 is 5.42. The highest BCUT2D eigenvalue weighted by molar-refractivity contribution is 5.42. The van der Waals surface area contributed by atoms with Gasteiger partial charge in [0.2, 0.25) is 5.88 Å². The van der Waals surface area contributed by atoms with E-state index in [4.69, 9.17) is 4.74 Å². The van der Waals surface area contributed by atoms with Gasteiger partial charge in [-0.2, -0.15) is 0 Å². The Balaban J connectivity index is 1.72. The fourth-order valence-corrected chi connectivity index (χ4v) is 2.46. The van der Waals surface area contributed by atoms with Gasteiger partial charge in [0.15, 0.2) is 0 Å². The second-order valence-electron chi connectivity index (χ2n) is 4.71. The maximum atomic E-state index is 5.42. The monoisotopic (exact) mass is 271 g/mol. The van der Waals surface area contributed by atoms with Crippen molar-refractivity contribution in [3.05, 3.63) is 36.7 Å². The summed E-state index contributed by atoms with van der Waals surface area (Å²) in [6.45, 7) is 4.42. The van der Waals surface area contributed by atoms with E-state index in [0.29, 0.717) is 18.4 Å². The minimum atomic E-state index is 0.411. The van der Waals surface area contributed by atoms with Gasteiger partial charge in [0.25, 0.3) is 0 Å². The SMILES string of the molecule is CCOc1cc(N2CC[C@H](c3cnccn3)C2)ncn1. The van der Waals surface area contributed by atoms with E-state index < -0.39 is 0 Å². The van der Waals surface area contributed by atoms with Crippen LogP contribution in [-0.4, -0.2) is 39.6 Å². The molecule has 3 rings (SSSR count). The number of hydrogen-bond acceptors (Lipinski definition) is 6. The molecule has 1 saturated heterocycles. The average Bonchev–Trinajstić information content (AvgIpc) is 2.99. The largest absolute Gasteiger partial charge is 0.478 e. The summed E-state index contributed by atoms with van der Waals surface area (Å²) in [4.78, 5) is 19.2. The Morgan fingerprint density at radius 2 is 2.25 bits per heavy atom. The highest BCUT2D eigenvalue weighted by Gasteiger charge is 2.26. The molecule has 1 aliphatic heterocycles. The van der Waals surface area contributed by atoms with Crippen LogP contribution in [0.15, 0.2) is 31.0 Å². The first-order chi connectivity index (χ1) is 9.86. The van der Waals surface area contributed by atoms with Crippen LogP contribution in [-0.2, 0) is 0 Å². The predicted molar refractivity (Wildman–Crippen MR) is 74.8 cm³/mol. The number of nitrogens with zero attached hydrogens (tertiary/aromatic N) is 5. The maximum absolute atomic E-state index is 5.42. The fraction of sp³-hybridized carbons (Fsp3) is 0.429. The highest BCUT2D eigenvalue weighted by Crippen LogP contribution is 2.29. The van der Waals surface area contributed by atoms with Crippen LogP contribution in [0.4, 0.5) is 5.82 Å². The van der Waals surface area contributed by atoms with Gasteiger partial charge >= 0.3 is 0 Å². The predicted octanol–water partition coefficient (Wildman–Crippen LogP) is 1.66. The molecule has 0 saturated carbocycles. The quantitative estimate of drug-likeness (QED) is 0.842. The lowest BCUT2D eigenvalue weighted by molar-refractivity contribution is 0.326. The minimum Gasteiger partial charge on any atom is -0.478 e. The standard InChI is InChI=1S/C14H17N5O/c1-2-20-14-7-13(17-10-18-14)19-6-3-11(9-19)12-8-15-4-5-16-12/h4-5,7-8,10-11H,2-3,6,9H2,1H3/t11-/m0/s1. The van der Waals surface area contributed by atoms with Crippen molar-refractivity contribution in [2.75, 3.05) is 24.6 Å². The summed E-state index contributed by atoms with van der Waals surface area (Å²) in [6, 6.07) is 1.89. The number of aromatic nitrogens is 4.